The smallest absolute Gasteiger partial charge is 0.0701 e. The number of rotatable bonds is 20. The van der Waals surface area contributed by atoms with Crippen LogP contribution in [-0.4, -0.2) is 79.3 Å². The van der Waals surface area contributed by atoms with E-state index in [-0.39, 0.29) is 0 Å². The maximum atomic E-state index is 5.35. The number of ether oxygens (including phenoxy) is 6. The fourth-order valence-electron chi connectivity index (χ4n) is 1.66. The highest BCUT2D eigenvalue weighted by Crippen LogP contribution is 1.89. The van der Waals surface area contributed by atoms with Crippen molar-refractivity contribution in [1.29, 1.82) is 0 Å². The van der Waals surface area contributed by atoms with Crippen molar-refractivity contribution in [2.75, 3.05) is 79.3 Å². The van der Waals surface area contributed by atoms with E-state index in [0.29, 0.717) is 52.9 Å². The molecule has 6 heteroatoms. The van der Waals surface area contributed by atoms with Gasteiger partial charge in [-0.15, -0.1) is 0 Å². The van der Waals surface area contributed by atoms with E-state index in [4.69, 9.17) is 28.4 Å². The minimum atomic E-state index is 0.668. The Morgan fingerprint density at radius 2 is 0.615 bits per heavy atom. The van der Waals surface area contributed by atoms with Crippen LogP contribution in [0.3, 0.4) is 0 Å². The summed E-state index contributed by atoms with van der Waals surface area (Å²) in [6.07, 6.45) is 4.65. The Balaban J connectivity index is 0. The van der Waals surface area contributed by atoms with Gasteiger partial charge in [0.15, 0.2) is 0 Å². The molecule has 0 aliphatic carbocycles. The first-order chi connectivity index (χ1) is 12.8. The predicted molar refractivity (Wildman–Crippen MR) is 106 cm³/mol. The van der Waals surface area contributed by atoms with Gasteiger partial charge in [0.1, 0.15) is 0 Å². The van der Waals surface area contributed by atoms with Crippen molar-refractivity contribution in [2.24, 2.45) is 0 Å². The second kappa shape index (κ2) is 29.5. The SMILES string of the molecule is CCCCOCCOCCOCCCC.CCOCCOCCOCC. The van der Waals surface area contributed by atoms with Gasteiger partial charge in [-0.25, -0.2) is 0 Å². The van der Waals surface area contributed by atoms with Crippen LogP contribution in [0.25, 0.3) is 0 Å². The van der Waals surface area contributed by atoms with Crippen molar-refractivity contribution >= 4 is 0 Å². The lowest BCUT2D eigenvalue weighted by molar-refractivity contribution is 0.0136. The Morgan fingerprint density at radius 1 is 0.346 bits per heavy atom. The van der Waals surface area contributed by atoms with Crippen LogP contribution in [0.1, 0.15) is 53.4 Å². The van der Waals surface area contributed by atoms with Gasteiger partial charge in [0.25, 0.3) is 0 Å². The molecule has 0 aliphatic rings. The van der Waals surface area contributed by atoms with Gasteiger partial charge >= 0.3 is 0 Å². The van der Waals surface area contributed by atoms with Gasteiger partial charge < -0.3 is 28.4 Å². The summed E-state index contributed by atoms with van der Waals surface area (Å²) in [6, 6.07) is 0. The third kappa shape index (κ3) is 31.5. The van der Waals surface area contributed by atoms with Gasteiger partial charge in [0, 0.05) is 26.4 Å². The molecular formula is C20H44O6. The van der Waals surface area contributed by atoms with Crippen LogP contribution in [0, 0.1) is 0 Å². The van der Waals surface area contributed by atoms with Crippen molar-refractivity contribution in [3.05, 3.63) is 0 Å². The molecular weight excluding hydrogens is 336 g/mol. The molecule has 0 amide bonds. The molecule has 0 spiro atoms. The summed E-state index contributed by atoms with van der Waals surface area (Å²) >= 11 is 0. The molecule has 6 nitrogen and oxygen atoms in total. The van der Waals surface area contributed by atoms with Crippen LogP contribution in [0.5, 0.6) is 0 Å². The maximum absolute atomic E-state index is 5.35. The summed E-state index contributed by atoms with van der Waals surface area (Å²) in [7, 11) is 0. The van der Waals surface area contributed by atoms with E-state index in [0.717, 1.165) is 39.3 Å². The fourth-order valence-corrected chi connectivity index (χ4v) is 1.66. The first-order valence-electron chi connectivity index (χ1n) is 10.3. The molecule has 0 unspecified atom stereocenters. The number of hydrogen-bond acceptors (Lipinski definition) is 6. The van der Waals surface area contributed by atoms with Crippen LogP contribution in [-0.2, 0) is 28.4 Å². The molecule has 0 aliphatic heterocycles. The highest BCUT2D eigenvalue weighted by Gasteiger charge is 1.91. The highest BCUT2D eigenvalue weighted by molar-refractivity contribution is 4.36. The minimum Gasteiger partial charge on any atom is -0.379 e. The van der Waals surface area contributed by atoms with Gasteiger partial charge in [-0.2, -0.15) is 0 Å². The lowest BCUT2D eigenvalue weighted by Gasteiger charge is -2.06. The lowest BCUT2D eigenvalue weighted by Crippen LogP contribution is -2.10. The van der Waals surface area contributed by atoms with E-state index < -0.39 is 0 Å². The average Bonchev–Trinajstić information content (AvgIpc) is 2.66. The summed E-state index contributed by atoms with van der Waals surface area (Å²) in [5.41, 5.74) is 0. The van der Waals surface area contributed by atoms with Crippen LogP contribution in [0.15, 0.2) is 0 Å². The molecule has 0 saturated heterocycles. The summed E-state index contributed by atoms with van der Waals surface area (Å²) in [5.74, 6) is 0. The Labute approximate surface area is 161 Å². The zero-order chi connectivity index (χ0) is 19.6. The summed E-state index contributed by atoms with van der Waals surface area (Å²) in [5, 5.41) is 0. The van der Waals surface area contributed by atoms with E-state index in [2.05, 4.69) is 13.8 Å². The van der Waals surface area contributed by atoms with Crippen molar-refractivity contribution in [2.45, 2.75) is 53.4 Å². The predicted octanol–water partition coefficient (Wildman–Crippen LogP) is 3.71. The summed E-state index contributed by atoms with van der Waals surface area (Å²) < 4.78 is 31.4. The molecule has 0 bridgehead atoms. The minimum absolute atomic E-state index is 0.668. The van der Waals surface area contributed by atoms with Crippen LogP contribution < -0.4 is 0 Å². The maximum Gasteiger partial charge on any atom is 0.0701 e. The number of hydrogen-bond donors (Lipinski definition) is 0. The largest absolute Gasteiger partial charge is 0.379 e. The molecule has 0 heterocycles. The Morgan fingerprint density at radius 3 is 0.885 bits per heavy atom. The second-order valence-corrected chi connectivity index (χ2v) is 5.55. The fraction of sp³-hybridized carbons (Fsp3) is 1.00. The molecule has 0 fully saturated rings. The van der Waals surface area contributed by atoms with Crippen molar-refractivity contribution in [1.82, 2.24) is 0 Å². The topological polar surface area (TPSA) is 55.4 Å². The van der Waals surface area contributed by atoms with Gasteiger partial charge in [0.2, 0.25) is 0 Å². The lowest BCUT2D eigenvalue weighted by atomic mass is 10.4. The Hall–Kier alpha value is -0.240. The van der Waals surface area contributed by atoms with Crippen molar-refractivity contribution in [3.8, 4) is 0 Å². The standard InChI is InChI=1S/C12H26O3.C8H18O3/c1-3-5-7-13-9-11-15-12-10-14-8-6-4-2;1-3-9-5-7-11-8-6-10-4-2/h3-12H2,1-2H3;3-8H2,1-2H3. The molecule has 160 valence electrons. The van der Waals surface area contributed by atoms with Crippen molar-refractivity contribution < 1.29 is 28.4 Å². The molecule has 0 aromatic carbocycles. The van der Waals surface area contributed by atoms with E-state index >= 15 is 0 Å². The second-order valence-electron chi connectivity index (χ2n) is 5.55. The normalized spacial score (nSPS) is 10.6. The highest BCUT2D eigenvalue weighted by atomic mass is 16.5. The first-order valence-corrected chi connectivity index (χ1v) is 10.3. The first kappa shape index (κ1) is 28.0. The summed E-state index contributed by atoms with van der Waals surface area (Å²) in [6.45, 7) is 17.0. The van der Waals surface area contributed by atoms with Crippen LogP contribution in [0.4, 0.5) is 0 Å². The molecule has 0 aromatic heterocycles. The molecule has 0 rings (SSSR count). The molecule has 0 aromatic rings. The zero-order valence-corrected chi connectivity index (χ0v) is 17.8. The average molecular weight is 381 g/mol. The monoisotopic (exact) mass is 380 g/mol. The van der Waals surface area contributed by atoms with E-state index in [1.807, 2.05) is 13.8 Å². The van der Waals surface area contributed by atoms with E-state index in [1.54, 1.807) is 0 Å². The Bertz CT molecular complexity index is 196. The van der Waals surface area contributed by atoms with Crippen LogP contribution in [0.2, 0.25) is 0 Å². The van der Waals surface area contributed by atoms with Gasteiger partial charge in [-0.3, -0.25) is 0 Å². The summed E-state index contributed by atoms with van der Waals surface area (Å²) in [4.78, 5) is 0. The molecule has 0 atom stereocenters. The van der Waals surface area contributed by atoms with E-state index in [9.17, 15) is 0 Å². The quantitative estimate of drug-likeness (QED) is 0.300. The molecule has 0 saturated carbocycles. The van der Waals surface area contributed by atoms with Crippen molar-refractivity contribution in [3.63, 3.8) is 0 Å². The van der Waals surface area contributed by atoms with Gasteiger partial charge in [-0.05, 0) is 26.7 Å². The van der Waals surface area contributed by atoms with Gasteiger partial charge in [-0.1, -0.05) is 26.7 Å². The third-order valence-corrected chi connectivity index (χ3v) is 3.18. The van der Waals surface area contributed by atoms with Gasteiger partial charge in [0.05, 0.1) is 52.9 Å². The van der Waals surface area contributed by atoms with Crippen LogP contribution >= 0.6 is 0 Å². The molecule has 0 N–H and O–H groups in total. The van der Waals surface area contributed by atoms with E-state index in [1.165, 1.54) is 12.8 Å². The third-order valence-electron chi connectivity index (χ3n) is 3.18. The number of unbranched alkanes of at least 4 members (excludes halogenated alkanes) is 2. The zero-order valence-electron chi connectivity index (χ0n) is 17.8. The molecule has 26 heavy (non-hydrogen) atoms. The Kier molecular flexibility index (Phi) is 31.8. The molecule has 0 radical (unpaired) electrons.